The van der Waals surface area contributed by atoms with Gasteiger partial charge in [-0.1, -0.05) is 12.1 Å². The summed E-state index contributed by atoms with van der Waals surface area (Å²) in [6.07, 6.45) is 6.31. The highest BCUT2D eigenvalue weighted by Crippen LogP contribution is 2.26. The summed E-state index contributed by atoms with van der Waals surface area (Å²) in [7, 11) is -3.19. The predicted octanol–water partition coefficient (Wildman–Crippen LogP) is 3.13. The highest BCUT2D eigenvalue weighted by molar-refractivity contribution is 7.88. The van der Waals surface area contributed by atoms with Crippen molar-refractivity contribution in [3.8, 4) is 11.4 Å². The molecule has 0 radical (unpaired) electrons. The fourth-order valence-electron chi connectivity index (χ4n) is 4.55. The Morgan fingerprint density at radius 1 is 1.14 bits per heavy atom. The molecule has 0 saturated heterocycles. The van der Waals surface area contributed by atoms with Gasteiger partial charge in [0, 0.05) is 30.4 Å². The first kappa shape index (κ1) is 25.9. The lowest BCUT2D eigenvalue weighted by atomic mass is 9.86. The number of amides is 1. The van der Waals surface area contributed by atoms with Crippen LogP contribution in [0.4, 0.5) is 4.39 Å². The van der Waals surface area contributed by atoms with E-state index in [-0.39, 0.29) is 30.0 Å². The minimum atomic E-state index is -3.19. The number of hydrogen-bond donors (Lipinski definition) is 2. The molecule has 3 aromatic rings. The van der Waals surface area contributed by atoms with Crippen LogP contribution in [0.2, 0.25) is 0 Å². The van der Waals surface area contributed by atoms with Gasteiger partial charge in [0.25, 0.3) is 5.91 Å². The van der Waals surface area contributed by atoms with Gasteiger partial charge < -0.3 is 5.32 Å². The molecular weight excluding hydrogens is 483 g/mol. The monoisotopic (exact) mass is 514 g/mol. The van der Waals surface area contributed by atoms with E-state index < -0.39 is 10.0 Å². The van der Waals surface area contributed by atoms with Crippen molar-refractivity contribution in [3.63, 3.8) is 0 Å². The molecular formula is C25H31FN6O3S. The van der Waals surface area contributed by atoms with E-state index in [0.29, 0.717) is 35.1 Å². The third-order valence-corrected chi connectivity index (χ3v) is 7.09. The average molecular weight is 515 g/mol. The number of carbonyl (C=O) groups is 1. The molecule has 9 nitrogen and oxygen atoms in total. The number of halogens is 1. The predicted molar refractivity (Wildman–Crippen MR) is 134 cm³/mol. The number of benzene rings is 1. The number of carbonyl (C=O) groups excluding carboxylic acids is 1. The Bertz CT molecular complexity index is 1350. The molecule has 0 atom stereocenters. The van der Waals surface area contributed by atoms with Crippen molar-refractivity contribution < 1.29 is 17.6 Å². The quantitative estimate of drug-likeness (QED) is 0.477. The van der Waals surface area contributed by atoms with E-state index >= 15 is 0 Å². The molecule has 4 rings (SSSR count). The van der Waals surface area contributed by atoms with Gasteiger partial charge in [0.05, 0.1) is 6.26 Å². The average Bonchev–Trinajstić information content (AvgIpc) is 3.28. The molecule has 11 heteroatoms. The molecule has 1 aromatic carbocycles. The standard InChI is InChI=1S/C25H31FN6O3S/c1-16-10-19(6-9-22(16)26)13-27-25(33)23-12-20(11-17(2)29-23)24-28-15-32(30-24)14-18-4-7-21(8-5-18)31-36(3,34)35/h6,9-12,15,18,21,31H,4-5,7-8,13-14H2,1-3H3,(H,27,33)/t18-,21-. The molecule has 0 aliphatic heterocycles. The second kappa shape index (κ2) is 10.8. The summed E-state index contributed by atoms with van der Waals surface area (Å²) in [5.74, 6) is 0.295. The molecule has 36 heavy (non-hydrogen) atoms. The molecule has 0 spiro atoms. The minimum absolute atomic E-state index is 0.000926. The summed E-state index contributed by atoms with van der Waals surface area (Å²) >= 11 is 0. The number of rotatable bonds is 8. The van der Waals surface area contributed by atoms with Crippen LogP contribution in [0.1, 0.15) is 53.0 Å². The Morgan fingerprint density at radius 2 is 1.89 bits per heavy atom. The Kier molecular flexibility index (Phi) is 7.79. The zero-order valence-corrected chi connectivity index (χ0v) is 21.5. The van der Waals surface area contributed by atoms with Crippen LogP contribution in [0.15, 0.2) is 36.7 Å². The topological polar surface area (TPSA) is 119 Å². The highest BCUT2D eigenvalue weighted by atomic mass is 32.2. The van der Waals surface area contributed by atoms with Crippen molar-refractivity contribution in [2.24, 2.45) is 5.92 Å². The summed E-state index contributed by atoms with van der Waals surface area (Å²) in [5.41, 5.74) is 2.96. The largest absolute Gasteiger partial charge is 0.347 e. The fourth-order valence-corrected chi connectivity index (χ4v) is 5.39. The van der Waals surface area contributed by atoms with Gasteiger partial charge in [-0.2, -0.15) is 5.10 Å². The van der Waals surface area contributed by atoms with E-state index in [1.165, 1.54) is 12.3 Å². The summed E-state index contributed by atoms with van der Waals surface area (Å²) in [6, 6.07) is 8.24. The van der Waals surface area contributed by atoms with Crippen LogP contribution in [0.5, 0.6) is 0 Å². The molecule has 1 aliphatic carbocycles. The SMILES string of the molecule is Cc1cc(-c2ncn(C[C@H]3CC[C@H](NS(C)(=O)=O)CC3)n2)cc(C(=O)NCc2ccc(F)c(C)c2)n1. The molecule has 0 unspecified atom stereocenters. The van der Waals surface area contributed by atoms with Gasteiger partial charge in [-0.3, -0.25) is 9.48 Å². The van der Waals surface area contributed by atoms with E-state index in [1.54, 1.807) is 36.1 Å². The van der Waals surface area contributed by atoms with Crippen molar-refractivity contribution in [2.45, 2.75) is 58.7 Å². The normalized spacial score (nSPS) is 18.2. The van der Waals surface area contributed by atoms with Crippen LogP contribution >= 0.6 is 0 Å². The number of sulfonamides is 1. The number of pyridine rings is 1. The molecule has 2 heterocycles. The van der Waals surface area contributed by atoms with Crippen LogP contribution in [-0.2, 0) is 23.1 Å². The second-order valence-corrected chi connectivity index (χ2v) is 11.3. The van der Waals surface area contributed by atoms with Gasteiger partial charge >= 0.3 is 0 Å². The van der Waals surface area contributed by atoms with Gasteiger partial charge in [0.2, 0.25) is 10.0 Å². The number of nitrogens with zero attached hydrogens (tertiary/aromatic N) is 4. The second-order valence-electron chi connectivity index (χ2n) is 9.55. The highest BCUT2D eigenvalue weighted by Gasteiger charge is 2.24. The summed E-state index contributed by atoms with van der Waals surface area (Å²) in [4.78, 5) is 21.5. The van der Waals surface area contributed by atoms with Crippen molar-refractivity contribution in [1.82, 2.24) is 29.8 Å². The third-order valence-electron chi connectivity index (χ3n) is 6.33. The molecule has 1 fully saturated rings. The fraction of sp³-hybridized carbons (Fsp3) is 0.440. The summed E-state index contributed by atoms with van der Waals surface area (Å²) in [6.45, 7) is 4.46. The number of aromatic nitrogens is 4. The third kappa shape index (κ3) is 6.94. The zero-order chi connectivity index (χ0) is 25.9. The molecule has 2 N–H and O–H groups in total. The Labute approximate surface area is 210 Å². The van der Waals surface area contributed by atoms with Crippen molar-refractivity contribution in [3.05, 3.63) is 65.0 Å². The van der Waals surface area contributed by atoms with Crippen LogP contribution in [0.25, 0.3) is 11.4 Å². The Morgan fingerprint density at radius 3 is 2.58 bits per heavy atom. The maximum atomic E-state index is 13.5. The molecule has 1 aliphatic rings. The smallest absolute Gasteiger partial charge is 0.270 e. The van der Waals surface area contributed by atoms with Gasteiger partial charge in [0.1, 0.15) is 17.8 Å². The van der Waals surface area contributed by atoms with Crippen LogP contribution in [0, 0.1) is 25.6 Å². The molecule has 192 valence electrons. The molecule has 1 amide bonds. The summed E-state index contributed by atoms with van der Waals surface area (Å²) < 4.78 is 40.9. The lowest BCUT2D eigenvalue weighted by molar-refractivity contribution is 0.0945. The van der Waals surface area contributed by atoms with Crippen LogP contribution < -0.4 is 10.0 Å². The van der Waals surface area contributed by atoms with Crippen molar-refractivity contribution >= 4 is 15.9 Å². The van der Waals surface area contributed by atoms with Gasteiger partial charge in [-0.25, -0.2) is 27.5 Å². The van der Waals surface area contributed by atoms with E-state index in [1.807, 2.05) is 13.0 Å². The van der Waals surface area contributed by atoms with Crippen LogP contribution in [-0.4, -0.2) is 46.4 Å². The van der Waals surface area contributed by atoms with Crippen molar-refractivity contribution in [2.75, 3.05) is 6.26 Å². The maximum Gasteiger partial charge on any atom is 0.270 e. The van der Waals surface area contributed by atoms with Gasteiger partial charge in [0.15, 0.2) is 5.82 Å². The molecule has 2 aromatic heterocycles. The molecule has 1 saturated carbocycles. The van der Waals surface area contributed by atoms with E-state index in [2.05, 4.69) is 25.1 Å². The zero-order valence-electron chi connectivity index (χ0n) is 20.7. The van der Waals surface area contributed by atoms with E-state index in [4.69, 9.17) is 0 Å². The minimum Gasteiger partial charge on any atom is -0.347 e. The summed E-state index contributed by atoms with van der Waals surface area (Å²) in [5, 5.41) is 7.44. The number of aryl methyl sites for hydroxylation is 2. The lowest BCUT2D eigenvalue weighted by Gasteiger charge is -2.28. The Hall–Kier alpha value is -3.18. The lowest BCUT2D eigenvalue weighted by Crippen LogP contribution is -2.37. The first-order chi connectivity index (χ1) is 17.1. The first-order valence-electron chi connectivity index (χ1n) is 11.9. The van der Waals surface area contributed by atoms with E-state index in [0.717, 1.165) is 31.2 Å². The number of nitrogens with one attached hydrogen (secondary N) is 2. The maximum absolute atomic E-state index is 13.5. The van der Waals surface area contributed by atoms with Gasteiger partial charge in [-0.05, 0) is 74.8 Å². The van der Waals surface area contributed by atoms with Crippen LogP contribution in [0.3, 0.4) is 0 Å². The van der Waals surface area contributed by atoms with Gasteiger partial charge in [-0.15, -0.1) is 0 Å². The molecule has 0 bridgehead atoms. The Balaban J connectivity index is 1.38. The number of hydrogen-bond acceptors (Lipinski definition) is 6. The van der Waals surface area contributed by atoms with Crippen molar-refractivity contribution in [1.29, 1.82) is 0 Å². The first-order valence-corrected chi connectivity index (χ1v) is 13.8. The van der Waals surface area contributed by atoms with E-state index in [9.17, 15) is 17.6 Å².